The maximum absolute atomic E-state index is 14.0. The fraction of sp³-hybridized carbons (Fsp3) is 0.278. The summed E-state index contributed by atoms with van der Waals surface area (Å²) in [5, 5.41) is 8.46. The van der Waals surface area contributed by atoms with Gasteiger partial charge in [0.15, 0.2) is 0 Å². The first kappa shape index (κ1) is 13.8. The van der Waals surface area contributed by atoms with Crippen molar-refractivity contribution in [3.8, 4) is 11.3 Å². The monoisotopic (exact) mass is 325 g/mol. The molecule has 2 heterocycles. The van der Waals surface area contributed by atoms with E-state index >= 15 is 0 Å². The first-order valence-electron chi connectivity index (χ1n) is 7.91. The van der Waals surface area contributed by atoms with E-state index in [-0.39, 0.29) is 16.7 Å². The zero-order valence-electron chi connectivity index (χ0n) is 12.7. The van der Waals surface area contributed by atoms with E-state index in [1.165, 1.54) is 18.2 Å². The molecule has 2 aromatic heterocycles. The minimum absolute atomic E-state index is 0.124. The van der Waals surface area contributed by atoms with Gasteiger partial charge in [-0.1, -0.05) is 6.07 Å². The molecule has 6 heteroatoms. The van der Waals surface area contributed by atoms with Crippen molar-refractivity contribution in [3.05, 3.63) is 65.5 Å². The summed E-state index contributed by atoms with van der Waals surface area (Å²) in [6.07, 6.45) is 5.95. The molecule has 2 bridgehead atoms. The maximum atomic E-state index is 14.0. The van der Waals surface area contributed by atoms with E-state index < -0.39 is 11.6 Å². The van der Waals surface area contributed by atoms with Crippen LogP contribution in [0.15, 0.2) is 41.1 Å². The van der Waals surface area contributed by atoms with Gasteiger partial charge in [-0.3, -0.25) is 0 Å². The number of hydrogen-bond donors (Lipinski definition) is 0. The molecule has 5 rings (SSSR count). The highest BCUT2D eigenvalue weighted by atomic mass is 19.1. The second kappa shape index (κ2) is 4.69. The Morgan fingerprint density at radius 2 is 2.00 bits per heavy atom. The van der Waals surface area contributed by atoms with Crippen molar-refractivity contribution in [3.63, 3.8) is 0 Å². The van der Waals surface area contributed by atoms with Crippen molar-refractivity contribution >= 4 is 0 Å². The number of benzene rings is 1. The van der Waals surface area contributed by atoms with Crippen molar-refractivity contribution < 1.29 is 13.2 Å². The Morgan fingerprint density at radius 3 is 2.75 bits per heavy atom. The second-order valence-electron chi connectivity index (χ2n) is 6.49. The van der Waals surface area contributed by atoms with E-state index in [0.29, 0.717) is 11.8 Å². The van der Waals surface area contributed by atoms with Gasteiger partial charge >= 0.3 is 0 Å². The average molecular weight is 325 g/mol. The van der Waals surface area contributed by atoms with E-state index in [9.17, 15) is 8.78 Å². The molecule has 0 unspecified atom stereocenters. The molecule has 0 spiro atoms. The van der Waals surface area contributed by atoms with E-state index in [0.717, 1.165) is 30.5 Å². The van der Waals surface area contributed by atoms with E-state index in [1.807, 2.05) is 0 Å². The van der Waals surface area contributed by atoms with Crippen LogP contribution in [0, 0.1) is 11.6 Å². The number of rotatable bonds is 2. The summed E-state index contributed by atoms with van der Waals surface area (Å²) in [4.78, 5) is 4.32. The van der Waals surface area contributed by atoms with Crippen LogP contribution in [0.2, 0.25) is 0 Å². The Kier molecular flexibility index (Phi) is 2.69. The first-order valence-corrected chi connectivity index (χ1v) is 7.91. The highest BCUT2D eigenvalue weighted by Gasteiger charge is 2.54. The Labute approximate surface area is 136 Å². The summed E-state index contributed by atoms with van der Waals surface area (Å²) in [5.74, 6) is -0.302. The highest BCUT2D eigenvalue weighted by molar-refractivity contribution is 5.63. The Bertz CT molecular complexity index is 921. The molecule has 4 nitrogen and oxygen atoms in total. The number of hydrogen-bond acceptors (Lipinski definition) is 4. The molecule has 0 aliphatic heterocycles. The quantitative estimate of drug-likeness (QED) is 0.715. The maximum Gasteiger partial charge on any atom is 0.206 e. The molecule has 1 fully saturated rings. The van der Waals surface area contributed by atoms with Gasteiger partial charge in [-0.15, -0.1) is 5.10 Å². The van der Waals surface area contributed by atoms with Crippen LogP contribution in [0.25, 0.3) is 11.3 Å². The SMILES string of the molecule is Fc1cccc(F)c1-c1cc2c(nn1)[C@@]1(c3ncco3)CC[C@@H]2C1. The van der Waals surface area contributed by atoms with Crippen LogP contribution in [-0.2, 0) is 5.41 Å². The smallest absolute Gasteiger partial charge is 0.206 e. The molecule has 2 aliphatic carbocycles. The number of nitrogens with zero attached hydrogens (tertiary/aromatic N) is 3. The second-order valence-corrected chi connectivity index (χ2v) is 6.49. The third-order valence-corrected chi connectivity index (χ3v) is 5.29. The number of halogens is 2. The molecular weight excluding hydrogens is 312 g/mol. The molecule has 3 aromatic rings. The zero-order chi connectivity index (χ0) is 16.3. The van der Waals surface area contributed by atoms with Crippen LogP contribution >= 0.6 is 0 Å². The molecule has 0 amide bonds. The van der Waals surface area contributed by atoms with Gasteiger partial charge in [0.1, 0.15) is 17.9 Å². The molecular formula is C18H13F2N3O. The number of fused-ring (bicyclic) bond motifs is 5. The van der Waals surface area contributed by atoms with E-state index in [2.05, 4.69) is 15.2 Å². The van der Waals surface area contributed by atoms with Gasteiger partial charge in [0, 0.05) is 0 Å². The van der Waals surface area contributed by atoms with Crippen molar-refractivity contribution in [1.82, 2.24) is 15.2 Å². The fourth-order valence-corrected chi connectivity index (χ4v) is 4.24. The summed E-state index contributed by atoms with van der Waals surface area (Å²) >= 11 is 0. The van der Waals surface area contributed by atoms with Crippen LogP contribution in [-0.4, -0.2) is 15.2 Å². The van der Waals surface area contributed by atoms with Crippen molar-refractivity contribution in [2.45, 2.75) is 30.6 Å². The van der Waals surface area contributed by atoms with Gasteiger partial charge in [0.2, 0.25) is 5.89 Å². The Hall–Kier alpha value is -2.63. The van der Waals surface area contributed by atoms with Crippen LogP contribution in [0.3, 0.4) is 0 Å². The van der Waals surface area contributed by atoms with Crippen LogP contribution < -0.4 is 0 Å². The van der Waals surface area contributed by atoms with Gasteiger partial charge in [-0.2, -0.15) is 5.10 Å². The van der Waals surface area contributed by atoms with Crippen molar-refractivity contribution in [1.29, 1.82) is 0 Å². The summed E-state index contributed by atoms with van der Waals surface area (Å²) in [6, 6.07) is 5.58. The van der Waals surface area contributed by atoms with Gasteiger partial charge < -0.3 is 4.42 Å². The van der Waals surface area contributed by atoms with Gasteiger partial charge in [-0.25, -0.2) is 13.8 Å². The molecule has 1 saturated carbocycles. The minimum atomic E-state index is -0.630. The molecule has 0 radical (unpaired) electrons. The standard InChI is InChI=1S/C18H13F2N3O/c19-12-2-1-3-13(20)15(12)14-8-11-10-4-5-18(9-10,16(11)23-22-14)17-21-6-7-24-17/h1-3,6-8,10H,4-5,9H2/t10-,18-/m1/s1. The van der Waals surface area contributed by atoms with Crippen LogP contribution in [0.4, 0.5) is 8.78 Å². The molecule has 1 aromatic carbocycles. The lowest BCUT2D eigenvalue weighted by atomic mass is 9.83. The van der Waals surface area contributed by atoms with Crippen LogP contribution in [0.5, 0.6) is 0 Å². The molecule has 0 saturated heterocycles. The molecule has 2 aliphatic rings. The summed E-state index contributed by atoms with van der Waals surface area (Å²) in [6.45, 7) is 0. The fourth-order valence-electron chi connectivity index (χ4n) is 4.24. The molecule has 120 valence electrons. The summed E-state index contributed by atoms with van der Waals surface area (Å²) in [5.41, 5.74) is 1.61. The first-order chi connectivity index (χ1) is 11.7. The van der Waals surface area contributed by atoms with Gasteiger partial charge in [-0.05, 0) is 48.9 Å². The summed E-state index contributed by atoms with van der Waals surface area (Å²) in [7, 11) is 0. The van der Waals surface area contributed by atoms with Gasteiger partial charge in [0.05, 0.1) is 28.6 Å². The van der Waals surface area contributed by atoms with Crippen LogP contribution in [0.1, 0.15) is 42.3 Å². The molecule has 0 N–H and O–H groups in total. The Balaban J connectivity index is 1.68. The number of oxazole rings is 1. The largest absolute Gasteiger partial charge is 0.448 e. The lowest BCUT2D eigenvalue weighted by Gasteiger charge is -2.23. The zero-order valence-corrected chi connectivity index (χ0v) is 12.7. The number of aromatic nitrogens is 3. The normalized spacial score (nSPS) is 24.3. The lowest BCUT2D eigenvalue weighted by Crippen LogP contribution is -2.25. The Morgan fingerprint density at radius 1 is 1.17 bits per heavy atom. The topological polar surface area (TPSA) is 51.8 Å². The van der Waals surface area contributed by atoms with E-state index in [4.69, 9.17) is 4.42 Å². The third kappa shape index (κ3) is 1.68. The van der Waals surface area contributed by atoms with Crippen molar-refractivity contribution in [2.24, 2.45) is 0 Å². The van der Waals surface area contributed by atoms with Crippen molar-refractivity contribution in [2.75, 3.05) is 0 Å². The van der Waals surface area contributed by atoms with E-state index in [1.54, 1.807) is 18.5 Å². The molecule has 24 heavy (non-hydrogen) atoms. The third-order valence-electron chi connectivity index (χ3n) is 5.29. The molecule has 2 atom stereocenters. The minimum Gasteiger partial charge on any atom is -0.448 e. The average Bonchev–Trinajstić information content (AvgIpc) is 3.30. The predicted octanol–water partition coefficient (Wildman–Crippen LogP) is 3.98. The van der Waals surface area contributed by atoms with Gasteiger partial charge in [0.25, 0.3) is 0 Å². The highest BCUT2D eigenvalue weighted by Crippen LogP contribution is 2.59. The predicted molar refractivity (Wildman–Crippen MR) is 81.3 cm³/mol. The summed E-state index contributed by atoms with van der Waals surface area (Å²) < 4.78 is 33.6. The lowest BCUT2D eigenvalue weighted by molar-refractivity contribution is 0.373.